The Balaban J connectivity index is 3.72. The molecule has 0 aliphatic heterocycles. The summed E-state index contributed by atoms with van der Waals surface area (Å²) in [5, 5.41) is 0. The van der Waals surface area contributed by atoms with E-state index in [1.807, 2.05) is 0 Å². The summed E-state index contributed by atoms with van der Waals surface area (Å²) in [4.78, 5) is 32.4. The molecule has 0 spiro atoms. The van der Waals surface area contributed by atoms with Gasteiger partial charge >= 0.3 is 17.9 Å². The van der Waals surface area contributed by atoms with Crippen LogP contribution in [0.4, 0.5) is 0 Å². The predicted molar refractivity (Wildman–Crippen MR) is 58.3 cm³/mol. The third-order valence-corrected chi connectivity index (χ3v) is 2.46. The molecular formula is C9H15O7P. The molecule has 0 aliphatic rings. The molecule has 0 radical (unpaired) electrons. The Kier molecular flexibility index (Phi) is 6.50. The summed E-state index contributed by atoms with van der Waals surface area (Å²) in [5.74, 6) is -2.91. The Hall–Kier alpha value is -1.36. The summed E-state index contributed by atoms with van der Waals surface area (Å²) in [5.41, 5.74) is 0. The molecule has 0 amide bonds. The monoisotopic (exact) mass is 266 g/mol. The number of rotatable bonds is 5. The van der Waals surface area contributed by atoms with Crippen molar-refractivity contribution in [3.05, 3.63) is 0 Å². The topological polar surface area (TPSA) is 96.0 Å². The minimum atomic E-state index is -2.47. The van der Waals surface area contributed by atoms with Crippen LogP contribution in [0.15, 0.2) is 0 Å². The Morgan fingerprint density at radius 3 is 2.00 bits per heavy atom. The van der Waals surface area contributed by atoms with Gasteiger partial charge in [-0.05, 0) is 13.3 Å². The van der Waals surface area contributed by atoms with Crippen LogP contribution in [-0.4, -0.2) is 57.7 Å². The lowest BCUT2D eigenvalue weighted by Crippen LogP contribution is -2.22. The van der Waals surface area contributed by atoms with Crippen LogP contribution in [0, 0.1) is 0 Å². The van der Waals surface area contributed by atoms with Crippen molar-refractivity contribution < 1.29 is 33.2 Å². The van der Waals surface area contributed by atoms with Crippen molar-refractivity contribution in [2.45, 2.75) is 0 Å². The average molecular weight is 266 g/mol. The molecule has 0 fully saturated rings. The number of carbonyl (C=O) groups excluding carboxylic acids is 3. The summed E-state index contributed by atoms with van der Waals surface area (Å²) in [7, 11) is -1.42. The lowest BCUT2D eigenvalue weighted by Gasteiger charge is -2.07. The van der Waals surface area contributed by atoms with E-state index < -0.39 is 25.0 Å². The fraction of sp³-hybridized carbons (Fsp3) is 0.667. The molecule has 0 saturated carbocycles. The zero-order valence-corrected chi connectivity index (χ0v) is 10.8. The number of hydrogen-bond donors (Lipinski definition) is 0. The number of esters is 3. The minimum Gasteiger partial charge on any atom is -0.462 e. The van der Waals surface area contributed by atoms with Gasteiger partial charge in [0.1, 0.15) is 13.2 Å². The van der Waals surface area contributed by atoms with Gasteiger partial charge in [0, 0.05) is 0 Å². The minimum absolute atomic E-state index is 0.169. The molecule has 0 aliphatic carbocycles. The van der Waals surface area contributed by atoms with Gasteiger partial charge in [0.25, 0.3) is 0 Å². The van der Waals surface area contributed by atoms with Crippen LogP contribution in [0.25, 0.3) is 0 Å². The molecule has 0 bridgehead atoms. The molecule has 0 aromatic heterocycles. The molecule has 7 nitrogen and oxygen atoms in total. The van der Waals surface area contributed by atoms with Gasteiger partial charge in [-0.25, -0.2) is 9.59 Å². The van der Waals surface area contributed by atoms with Crippen LogP contribution in [0.5, 0.6) is 0 Å². The standard InChI is InChI=1S/C9H15O7P/c1-14-8(11)9(12)16-5-4-15-7(10)6-17(2,3)13/h4-6H2,1-3H3. The van der Waals surface area contributed by atoms with E-state index in [-0.39, 0.29) is 19.4 Å². The fourth-order valence-electron chi connectivity index (χ4n) is 0.789. The highest BCUT2D eigenvalue weighted by Crippen LogP contribution is 2.35. The Morgan fingerprint density at radius 1 is 1.00 bits per heavy atom. The van der Waals surface area contributed by atoms with Crippen molar-refractivity contribution in [1.82, 2.24) is 0 Å². The van der Waals surface area contributed by atoms with E-state index in [2.05, 4.69) is 14.2 Å². The van der Waals surface area contributed by atoms with Crippen LogP contribution >= 0.6 is 7.14 Å². The lowest BCUT2D eigenvalue weighted by molar-refractivity contribution is -0.167. The SMILES string of the molecule is COC(=O)C(=O)OCCOC(=O)CP(C)(C)=O. The first-order chi connectivity index (χ1) is 7.76. The summed E-state index contributed by atoms with van der Waals surface area (Å²) < 4.78 is 24.4. The van der Waals surface area contributed by atoms with Crippen molar-refractivity contribution in [1.29, 1.82) is 0 Å². The van der Waals surface area contributed by atoms with Crippen LogP contribution in [0.1, 0.15) is 0 Å². The maximum Gasteiger partial charge on any atom is 0.417 e. The summed E-state index contributed by atoms with van der Waals surface area (Å²) in [6.45, 7) is 2.48. The summed E-state index contributed by atoms with van der Waals surface area (Å²) in [6.07, 6.45) is -0.169. The Bertz CT molecular complexity index is 343. The van der Waals surface area contributed by atoms with E-state index in [0.29, 0.717) is 0 Å². The highest BCUT2D eigenvalue weighted by molar-refractivity contribution is 7.63. The first-order valence-corrected chi connectivity index (χ1v) is 7.49. The van der Waals surface area contributed by atoms with Crippen molar-refractivity contribution in [2.24, 2.45) is 0 Å². The van der Waals surface area contributed by atoms with Crippen molar-refractivity contribution >= 4 is 25.0 Å². The van der Waals surface area contributed by atoms with Gasteiger partial charge in [-0.15, -0.1) is 0 Å². The second kappa shape index (κ2) is 7.06. The van der Waals surface area contributed by atoms with E-state index in [9.17, 15) is 18.9 Å². The number of carbonyl (C=O) groups is 3. The van der Waals surface area contributed by atoms with Gasteiger partial charge in [0.2, 0.25) is 0 Å². The molecule has 0 rings (SSSR count). The van der Waals surface area contributed by atoms with Gasteiger partial charge in [-0.2, -0.15) is 0 Å². The highest BCUT2D eigenvalue weighted by atomic mass is 31.2. The van der Waals surface area contributed by atoms with Gasteiger partial charge in [0.15, 0.2) is 0 Å². The van der Waals surface area contributed by atoms with E-state index in [1.54, 1.807) is 0 Å². The van der Waals surface area contributed by atoms with Crippen molar-refractivity contribution in [3.8, 4) is 0 Å². The molecule has 0 saturated heterocycles. The van der Waals surface area contributed by atoms with Crippen molar-refractivity contribution in [3.63, 3.8) is 0 Å². The molecule has 0 atom stereocenters. The zero-order chi connectivity index (χ0) is 13.5. The molecule has 0 unspecified atom stereocenters. The van der Waals surface area contributed by atoms with E-state index in [4.69, 9.17) is 0 Å². The second-order valence-corrected chi connectivity index (χ2v) is 7.04. The van der Waals surface area contributed by atoms with Crippen LogP contribution in [0.3, 0.4) is 0 Å². The van der Waals surface area contributed by atoms with Crippen LogP contribution in [-0.2, 0) is 33.2 Å². The van der Waals surface area contributed by atoms with Gasteiger partial charge in [-0.3, -0.25) is 4.79 Å². The quantitative estimate of drug-likeness (QED) is 0.225. The normalized spacial score (nSPS) is 10.5. The third-order valence-electron chi connectivity index (χ3n) is 1.44. The molecule has 0 aromatic rings. The molecule has 0 heterocycles. The zero-order valence-electron chi connectivity index (χ0n) is 9.93. The average Bonchev–Trinajstić information content (AvgIpc) is 2.20. The van der Waals surface area contributed by atoms with Crippen LogP contribution in [0.2, 0.25) is 0 Å². The largest absolute Gasteiger partial charge is 0.462 e. The Morgan fingerprint density at radius 2 is 1.53 bits per heavy atom. The summed E-state index contributed by atoms with van der Waals surface area (Å²) >= 11 is 0. The predicted octanol–water partition coefficient (Wildman–Crippen LogP) is -0.132. The van der Waals surface area contributed by atoms with Gasteiger partial charge < -0.3 is 18.8 Å². The number of methoxy groups -OCH3 is 1. The smallest absolute Gasteiger partial charge is 0.417 e. The third kappa shape index (κ3) is 8.45. The molecule has 0 aromatic carbocycles. The molecule has 98 valence electrons. The van der Waals surface area contributed by atoms with E-state index >= 15 is 0 Å². The lowest BCUT2D eigenvalue weighted by atomic mass is 10.6. The number of ether oxygens (including phenoxy) is 3. The van der Waals surface area contributed by atoms with Crippen LogP contribution < -0.4 is 0 Å². The van der Waals surface area contributed by atoms with Gasteiger partial charge in [0.05, 0.1) is 20.4 Å². The second-order valence-electron chi connectivity index (χ2n) is 3.58. The highest BCUT2D eigenvalue weighted by Gasteiger charge is 2.17. The van der Waals surface area contributed by atoms with E-state index in [0.717, 1.165) is 7.11 Å². The number of hydrogen-bond acceptors (Lipinski definition) is 7. The molecule has 17 heavy (non-hydrogen) atoms. The van der Waals surface area contributed by atoms with Gasteiger partial charge in [-0.1, -0.05) is 0 Å². The maximum absolute atomic E-state index is 11.2. The molecule has 8 heteroatoms. The Labute approximate surface area is 98.8 Å². The summed E-state index contributed by atoms with van der Waals surface area (Å²) in [6, 6.07) is 0. The first kappa shape index (κ1) is 15.6. The van der Waals surface area contributed by atoms with E-state index in [1.165, 1.54) is 13.3 Å². The molecular weight excluding hydrogens is 251 g/mol. The fourth-order valence-corrected chi connectivity index (χ4v) is 1.50. The first-order valence-electron chi connectivity index (χ1n) is 4.71. The molecule has 0 N–H and O–H groups in total. The maximum atomic E-state index is 11.2. The van der Waals surface area contributed by atoms with Crippen molar-refractivity contribution in [2.75, 3.05) is 39.8 Å².